The molecular weight excluding hydrogens is 340 g/mol. The molecule has 0 saturated carbocycles. The quantitative estimate of drug-likeness (QED) is 0.494. The lowest BCUT2D eigenvalue weighted by Crippen LogP contribution is -2.54. The Kier molecular flexibility index (Phi) is 4.23. The van der Waals surface area contributed by atoms with E-state index in [4.69, 9.17) is 0 Å². The number of nitrogens with one attached hydrogen (secondary N) is 1. The average molecular weight is 351 g/mol. The Morgan fingerprint density at radius 1 is 1.33 bits per heavy atom. The Morgan fingerprint density at radius 2 is 2.05 bits per heavy atom. The van der Waals surface area contributed by atoms with E-state index in [1.54, 1.807) is 12.1 Å². The van der Waals surface area contributed by atoms with Crippen LogP contribution in [0.1, 0.15) is 5.56 Å². The molecule has 2 N–H and O–H groups in total. The molecule has 2 rings (SSSR count). The number of halogens is 1. The molecule has 0 atom stereocenters. The zero-order valence-corrected chi connectivity index (χ0v) is 12.4. The number of phenols is 1. The molecule has 1 aromatic carbocycles. The molecule has 1 fully saturated rings. The standard InChI is InChI=1S/C14H11BrN2O4/c1-2-5-17-13(20)9(12(19)16-14(17)21)6-8-3-4-11(18)10(15)7-8/h2-4,6-7,18H,1,5H2,(H,16,19,21)/b9-6-. The highest BCUT2D eigenvalue weighted by Gasteiger charge is 2.34. The second-order valence-corrected chi connectivity index (χ2v) is 5.09. The second-order valence-electron chi connectivity index (χ2n) is 4.23. The maximum absolute atomic E-state index is 12.2. The summed E-state index contributed by atoms with van der Waals surface area (Å²) < 4.78 is 0.430. The van der Waals surface area contributed by atoms with Crippen LogP contribution < -0.4 is 5.32 Å². The van der Waals surface area contributed by atoms with E-state index in [0.717, 1.165) is 4.90 Å². The maximum Gasteiger partial charge on any atom is 0.331 e. The lowest BCUT2D eigenvalue weighted by Gasteiger charge is -2.25. The van der Waals surface area contributed by atoms with Crippen molar-refractivity contribution in [3.63, 3.8) is 0 Å². The van der Waals surface area contributed by atoms with Crippen molar-refractivity contribution in [1.29, 1.82) is 0 Å². The smallest absolute Gasteiger partial charge is 0.331 e. The van der Waals surface area contributed by atoms with Crippen molar-refractivity contribution in [3.8, 4) is 5.75 Å². The van der Waals surface area contributed by atoms with Gasteiger partial charge in [0.1, 0.15) is 11.3 Å². The van der Waals surface area contributed by atoms with Crippen molar-refractivity contribution in [1.82, 2.24) is 10.2 Å². The molecule has 0 aromatic heterocycles. The molecule has 0 radical (unpaired) electrons. The maximum atomic E-state index is 12.2. The number of urea groups is 1. The number of aromatic hydroxyl groups is 1. The largest absolute Gasteiger partial charge is 0.507 e. The summed E-state index contributed by atoms with van der Waals surface area (Å²) in [5.74, 6) is -1.40. The van der Waals surface area contributed by atoms with Crippen molar-refractivity contribution in [2.24, 2.45) is 0 Å². The fourth-order valence-electron chi connectivity index (χ4n) is 1.77. The molecule has 1 aliphatic rings. The second kappa shape index (κ2) is 5.92. The number of carbonyl (C=O) groups excluding carboxylic acids is 3. The van der Waals surface area contributed by atoms with Gasteiger partial charge < -0.3 is 5.11 Å². The predicted molar refractivity (Wildman–Crippen MR) is 79.2 cm³/mol. The van der Waals surface area contributed by atoms with E-state index in [-0.39, 0.29) is 17.9 Å². The Balaban J connectivity index is 2.40. The summed E-state index contributed by atoms with van der Waals surface area (Å²) in [6, 6.07) is 3.75. The monoisotopic (exact) mass is 350 g/mol. The molecule has 108 valence electrons. The number of barbiturate groups is 1. The number of benzene rings is 1. The first-order valence-electron chi connectivity index (χ1n) is 5.92. The number of imide groups is 2. The molecule has 4 amide bonds. The van der Waals surface area contributed by atoms with Crippen LogP contribution in [-0.2, 0) is 9.59 Å². The fourth-order valence-corrected chi connectivity index (χ4v) is 2.16. The third-order valence-corrected chi connectivity index (χ3v) is 3.42. The molecule has 1 aliphatic heterocycles. The third kappa shape index (κ3) is 3.03. The summed E-state index contributed by atoms with van der Waals surface area (Å²) in [5, 5.41) is 11.5. The van der Waals surface area contributed by atoms with E-state index >= 15 is 0 Å². The van der Waals surface area contributed by atoms with Crippen LogP contribution in [0.4, 0.5) is 4.79 Å². The van der Waals surface area contributed by atoms with Gasteiger partial charge >= 0.3 is 6.03 Å². The molecule has 6 nitrogen and oxygen atoms in total. The Bertz CT molecular complexity index is 682. The first-order chi connectivity index (χ1) is 9.93. The van der Waals surface area contributed by atoms with Gasteiger partial charge in [-0.25, -0.2) is 4.79 Å². The number of hydrogen-bond acceptors (Lipinski definition) is 4. The average Bonchev–Trinajstić information content (AvgIpc) is 2.43. The predicted octanol–water partition coefficient (Wildman–Crippen LogP) is 1.80. The highest BCUT2D eigenvalue weighted by molar-refractivity contribution is 9.10. The van der Waals surface area contributed by atoms with Gasteiger partial charge in [0.15, 0.2) is 0 Å². The minimum Gasteiger partial charge on any atom is -0.507 e. The van der Waals surface area contributed by atoms with Crippen LogP contribution in [0.25, 0.3) is 6.08 Å². The van der Waals surface area contributed by atoms with Gasteiger partial charge in [-0.15, -0.1) is 6.58 Å². The van der Waals surface area contributed by atoms with Crippen LogP contribution in [-0.4, -0.2) is 34.4 Å². The van der Waals surface area contributed by atoms with E-state index in [1.807, 2.05) is 0 Å². The number of carbonyl (C=O) groups is 3. The first-order valence-corrected chi connectivity index (χ1v) is 6.71. The summed E-state index contributed by atoms with van der Waals surface area (Å²) >= 11 is 3.14. The van der Waals surface area contributed by atoms with Crippen molar-refractivity contribution in [2.75, 3.05) is 6.54 Å². The van der Waals surface area contributed by atoms with Crippen molar-refractivity contribution in [2.45, 2.75) is 0 Å². The summed E-state index contributed by atoms with van der Waals surface area (Å²) in [7, 11) is 0. The zero-order valence-electron chi connectivity index (χ0n) is 10.8. The molecule has 0 aliphatic carbocycles. The first kappa shape index (κ1) is 15.0. The number of hydrogen-bond donors (Lipinski definition) is 2. The fraction of sp³-hybridized carbons (Fsp3) is 0.0714. The Labute approximate surface area is 128 Å². The van der Waals surface area contributed by atoms with Gasteiger partial charge in [-0.2, -0.15) is 0 Å². The topological polar surface area (TPSA) is 86.7 Å². The van der Waals surface area contributed by atoms with E-state index in [0.29, 0.717) is 10.0 Å². The molecule has 7 heteroatoms. The van der Waals surface area contributed by atoms with Crippen LogP contribution in [0.3, 0.4) is 0 Å². The van der Waals surface area contributed by atoms with Crippen molar-refractivity contribution < 1.29 is 19.5 Å². The van der Waals surface area contributed by atoms with Gasteiger partial charge in [0.05, 0.1) is 4.47 Å². The Morgan fingerprint density at radius 3 is 2.67 bits per heavy atom. The molecule has 1 aromatic rings. The van der Waals surface area contributed by atoms with Gasteiger partial charge in [-0.1, -0.05) is 12.1 Å². The van der Waals surface area contributed by atoms with E-state index in [2.05, 4.69) is 27.8 Å². The van der Waals surface area contributed by atoms with Gasteiger partial charge in [-0.3, -0.25) is 19.8 Å². The van der Waals surface area contributed by atoms with Crippen LogP contribution in [0, 0.1) is 0 Å². The molecule has 21 heavy (non-hydrogen) atoms. The number of amides is 4. The lowest BCUT2D eigenvalue weighted by molar-refractivity contribution is -0.129. The van der Waals surface area contributed by atoms with Crippen LogP contribution >= 0.6 is 15.9 Å². The molecule has 1 saturated heterocycles. The number of phenolic OH excluding ortho intramolecular Hbond substituents is 1. The molecule has 1 heterocycles. The lowest BCUT2D eigenvalue weighted by atomic mass is 10.1. The molecule has 0 bridgehead atoms. The van der Waals surface area contributed by atoms with Crippen molar-refractivity contribution in [3.05, 3.63) is 46.5 Å². The number of rotatable bonds is 3. The zero-order chi connectivity index (χ0) is 15.6. The van der Waals surface area contributed by atoms with E-state index in [1.165, 1.54) is 18.2 Å². The highest BCUT2D eigenvalue weighted by Crippen LogP contribution is 2.25. The van der Waals surface area contributed by atoms with Gasteiger partial charge in [-0.05, 0) is 39.7 Å². The third-order valence-electron chi connectivity index (χ3n) is 2.78. The summed E-state index contributed by atoms with van der Waals surface area (Å²) in [4.78, 5) is 36.4. The molecule has 0 unspecified atom stereocenters. The minimum atomic E-state index is -0.770. The van der Waals surface area contributed by atoms with E-state index in [9.17, 15) is 19.5 Å². The van der Waals surface area contributed by atoms with Crippen LogP contribution in [0.15, 0.2) is 40.9 Å². The Hall–Kier alpha value is -2.41. The minimum absolute atomic E-state index is 0.00849. The van der Waals surface area contributed by atoms with E-state index < -0.39 is 17.8 Å². The van der Waals surface area contributed by atoms with Crippen LogP contribution in [0.5, 0.6) is 5.75 Å². The van der Waals surface area contributed by atoms with Gasteiger partial charge in [0, 0.05) is 6.54 Å². The summed E-state index contributed by atoms with van der Waals surface area (Å²) in [5.41, 5.74) is 0.375. The molecular formula is C14H11BrN2O4. The van der Waals surface area contributed by atoms with Crippen molar-refractivity contribution >= 4 is 39.9 Å². The van der Waals surface area contributed by atoms with Gasteiger partial charge in [0.2, 0.25) is 0 Å². The van der Waals surface area contributed by atoms with Gasteiger partial charge in [0.25, 0.3) is 11.8 Å². The summed E-state index contributed by atoms with van der Waals surface area (Å²) in [6.45, 7) is 3.47. The summed E-state index contributed by atoms with van der Waals surface area (Å²) in [6.07, 6.45) is 2.74. The molecule has 0 spiro atoms. The SMILES string of the molecule is C=CCN1C(=O)NC(=O)/C(=C/c2ccc(O)c(Br)c2)C1=O. The number of nitrogens with zero attached hydrogens (tertiary/aromatic N) is 1. The normalized spacial score (nSPS) is 17.1. The highest BCUT2D eigenvalue weighted by atomic mass is 79.9. The van der Waals surface area contributed by atoms with Crippen LogP contribution in [0.2, 0.25) is 0 Å².